The molecule has 1 aromatic carbocycles. The Bertz CT molecular complexity index is 538. The number of amides is 1. The molecule has 126 valence electrons. The fourth-order valence-electron chi connectivity index (χ4n) is 2.04. The zero-order valence-corrected chi connectivity index (χ0v) is 13.8. The van der Waals surface area contributed by atoms with Gasteiger partial charge in [-0.25, -0.2) is 4.79 Å². The molecular formula is C17H23NO5. The van der Waals surface area contributed by atoms with Gasteiger partial charge in [-0.2, -0.15) is 0 Å². The predicted molar refractivity (Wildman–Crippen MR) is 85.0 cm³/mol. The maximum absolute atomic E-state index is 12.2. The lowest BCUT2D eigenvalue weighted by molar-refractivity contribution is -0.160. The summed E-state index contributed by atoms with van der Waals surface area (Å²) in [4.78, 5) is 36.3. The monoisotopic (exact) mass is 321 g/mol. The van der Waals surface area contributed by atoms with Gasteiger partial charge in [-0.05, 0) is 38.0 Å². The van der Waals surface area contributed by atoms with E-state index in [4.69, 9.17) is 9.47 Å². The second-order valence-corrected chi connectivity index (χ2v) is 5.10. The summed E-state index contributed by atoms with van der Waals surface area (Å²) in [5, 5.41) is 0. The van der Waals surface area contributed by atoms with Crippen LogP contribution in [-0.2, 0) is 25.7 Å². The van der Waals surface area contributed by atoms with E-state index >= 15 is 0 Å². The molecule has 0 saturated carbocycles. The van der Waals surface area contributed by atoms with Crippen LogP contribution in [0.2, 0.25) is 0 Å². The van der Waals surface area contributed by atoms with Gasteiger partial charge in [0.2, 0.25) is 0 Å². The number of nitrogens with zero attached hydrogens (tertiary/aromatic N) is 1. The minimum absolute atomic E-state index is 0.0537. The average Bonchev–Trinajstić information content (AvgIpc) is 2.53. The number of carbonyl (C=O) groups is 3. The van der Waals surface area contributed by atoms with Crippen LogP contribution in [0.3, 0.4) is 0 Å². The number of ketones is 1. The molecule has 0 aliphatic heterocycles. The van der Waals surface area contributed by atoms with Crippen molar-refractivity contribution in [2.45, 2.75) is 33.2 Å². The van der Waals surface area contributed by atoms with Crippen LogP contribution in [0.25, 0.3) is 0 Å². The minimum Gasteiger partial charge on any atom is -0.497 e. The van der Waals surface area contributed by atoms with E-state index in [1.54, 1.807) is 26.2 Å². The number of esters is 1. The molecule has 0 saturated heterocycles. The molecule has 1 amide bonds. The summed E-state index contributed by atoms with van der Waals surface area (Å²) >= 11 is 0. The summed E-state index contributed by atoms with van der Waals surface area (Å²) in [5.74, 6) is -0.790. The van der Waals surface area contributed by atoms with Crippen molar-refractivity contribution in [2.24, 2.45) is 0 Å². The normalized spacial score (nSPS) is 10.0. The van der Waals surface area contributed by atoms with Crippen LogP contribution < -0.4 is 4.74 Å². The highest BCUT2D eigenvalue weighted by atomic mass is 16.5. The summed E-state index contributed by atoms with van der Waals surface area (Å²) in [6.07, 6.45) is 0.881. The Morgan fingerprint density at radius 3 is 2.30 bits per heavy atom. The second kappa shape index (κ2) is 9.61. The first-order chi connectivity index (χ1) is 11.0. The van der Waals surface area contributed by atoms with Crippen molar-refractivity contribution in [1.29, 1.82) is 0 Å². The molecule has 0 atom stereocenters. The molecule has 6 nitrogen and oxygen atoms in total. The lowest BCUT2D eigenvalue weighted by Crippen LogP contribution is -2.38. The summed E-state index contributed by atoms with van der Waals surface area (Å²) in [5.41, 5.74) is 0.867. The van der Waals surface area contributed by atoms with Gasteiger partial charge < -0.3 is 19.2 Å². The molecule has 0 aromatic heterocycles. The molecule has 0 heterocycles. The SMILES string of the molecule is CCOC(=O)C(=O)N(CCCC(C)=O)Cc1ccc(OC)cc1. The molecule has 0 spiro atoms. The van der Waals surface area contributed by atoms with Gasteiger partial charge in [0.1, 0.15) is 11.5 Å². The Labute approximate surface area is 136 Å². The van der Waals surface area contributed by atoms with Crippen molar-refractivity contribution >= 4 is 17.7 Å². The molecule has 0 radical (unpaired) electrons. The van der Waals surface area contributed by atoms with E-state index in [0.29, 0.717) is 25.1 Å². The van der Waals surface area contributed by atoms with E-state index in [9.17, 15) is 14.4 Å². The van der Waals surface area contributed by atoms with Gasteiger partial charge in [0, 0.05) is 19.5 Å². The Hall–Kier alpha value is -2.37. The molecule has 0 aliphatic rings. The van der Waals surface area contributed by atoms with Crippen LogP contribution >= 0.6 is 0 Å². The number of benzene rings is 1. The summed E-state index contributed by atoms with van der Waals surface area (Å²) < 4.78 is 9.86. The number of methoxy groups -OCH3 is 1. The Kier molecular flexibility index (Phi) is 7.80. The van der Waals surface area contributed by atoms with Crippen LogP contribution in [0.15, 0.2) is 24.3 Å². The highest BCUT2D eigenvalue weighted by Crippen LogP contribution is 2.14. The first-order valence-electron chi connectivity index (χ1n) is 7.56. The van der Waals surface area contributed by atoms with Gasteiger partial charge in [0.25, 0.3) is 0 Å². The molecule has 0 aliphatic carbocycles. The topological polar surface area (TPSA) is 72.9 Å². The fourth-order valence-corrected chi connectivity index (χ4v) is 2.04. The second-order valence-electron chi connectivity index (χ2n) is 5.10. The van der Waals surface area contributed by atoms with Crippen LogP contribution in [0, 0.1) is 0 Å². The summed E-state index contributed by atoms with van der Waals surface area (Å²) in [6, 6.07) is 7.24. The van der Waals surface area contributed by atoms with Crippen molar-refractivity contribution in [3.05, 3.63) is 29.8 Å². The molecule has 0 N–H and O–H groups in total. The lowest BCUT2D eigenvalue weighted by atomic mass is 10.1. The number of hydrogen-bond acceptors (Lipinski definition) is 5. The van der Waals surface area contributed by atoms with E-state index < -0.39 is 11.9 Å². The van der Waals surface area contributed by atoms with Crippen molar-refractivity contribution in [3.8, 4) is 5.75 Å². The third kappa shape index (κ3) is 6.50. The minimum atomic E-state index is -0.871. The zero-order chi connectivity index (χ0) is 17.2. The first kappa shape index (κ1) is 18.7. The molecule has 0 bridgehead atoms. The number of carbonyl (C=O) groups excluding carboxylic acids is 3. The van der Waals surface area contributed by atoms with Gasteiger partial charge in [0.15, 0.2) is 0 Å². The van der Waals surface area contributed by atoms with E-state index in [0.717, 1.165) is 5.56 Å². The van der Waals surface area contributed by atoms with E-state index in [2.05, 4.69) is 0 Å². The maximum Gasteiger partial charge on any atom is 0.397 e. The van der Waals surface area contributed by atoms with Gasteiger partial charge in [-0.1, -0.05) is 12.1 Å². The largest absolute Gasteiger partial charge is 0.497 e. The Morgan fingerprint density at radius 1 is 1.13 bits per heavy atom. The first-order valence-corrected chi connectivity index (χ1v) is 7.56. The van der Waals surface area contributed by atoms with Crippen LogP contribution in [0.4, 0.5) is 0 Å². The van der Waals surface area contributed by atoms with Gasteiger partial charge in [-0.3, -0.25) is 4.79 Å². The smallest absolute Gasteiger partial charge is 0.397 e. The zero-order valence-electron chi connectivity index (χ0n) is 13.8. The van der Waals surface area contributed by atoms with Crippen molar-refractivity contribution in [2.75, 3.05) is 20.3 Å². The molecular weight excluding hydrogens is 298 g/mol. The highest BCUT2D eigenvalue weighted by molar-refractivity contribution is 6.32. The van der Waals surface area contributed by atoms with Crippen molar-refractivity contribution < 1.29 is 23.9 Å². The predicted octanol–water partition coefficient (Wildman–Crippen LogP) is 1.96. The third-order valence-corrected chi connectivity index (χ3v) is 3.23. The Balaban J connectivity index is 2.77. The van der Waals surface area contributed by atoms with Crippen LogP contribution in [0.5, 0.6) is 5.75 Å². The molecule has 1 rings (SSSR count). The molecule has 1 aromatic rings. The Morgan fingerprint density at radius 2 is 1.78 bits per heavy atom. The van der Waals surface area contributed by atoms with E-state index in [-0.39, 0.29) is 18.9 Å². The van der Waals surface area contributed by atoms with Gasteiger partial charge in [-0.15, -0.1) is 0 Å². The molecule has 23 heavy (non-hydrogen) atoms. The van der Waals surface area contributed by atoms with E-state index in [1.807, 2.05) is 12.1 Å². The standard InChI is InChI=1S/C17H23NO5/c1-4-23-17(21)16(20)18(11-5-6-13(2)19)12-14-7-9-15(22-3)10-8-14/h7-10H,4-6,11-12H2,1-3H3. The summed E-state index contributed by atoms with van der Waals surface area (Å²) in [7, 11) is 1.58. The lowest BCUT2D eigenvalue weighted by Gasteiger charge is -2.21. The van der Waals surface area contributed by atoms with Gasteiger partial charge >= 0.3 is 11.9 Å². The quantitative estimate of drug-likeness (QED) is 0.540. The number of rotatable bonds is 8. The fraction of sp³-hybridized carbons (Fsp3) is 0.471. The van der Waals surface area contributed by atoms with Crippen molar-refractivity contribution in [3.63, 3.8) is 0 Å². The van der Waals surface area contributed by atoms with Crippen LogP contribution in [-0.4, -0.2) is 42.8 Å². The summed E-state index contributed by atoms with van der Waals surface area (Å²) in [6.45, 7) is 3.90. The molecule has 0 fully saturated rings. The molecule has 0 unspecified atom stereocenters. The van der Waals surface area contributed by atoms with Crippen molar-refractivity contribution in [1.82, 2.24) is 4.90 Å². The third-order valence-electron chi connectivity index (χ3n) is 3.23. The van der Waals surface area contributed by atoms with Gasteiger partial charge in [0.05, 0.1) is 13.7 Å². The number of Topliss-reactive ketones (excluding diaryl/α,β-unsaturated/α-hetero) is 1. The maximum atomic E-state index is 12.2. The average molecular weight is 321 g/mol. The highest BCUT2D eigenvalue weighted by Gasteiger charge is 2.23. The van der Waals surface area contributed by atoms with E-state index in [1.165, 1.54) is 11.8 Å². The number of ether oxygens (including phenoxy) is 2. The van der Waals surface area contributed by atoms with Crippen LogP contribution in [0.1, 0.15) is 32.3 Å². The number of hydrogen-bond donors (Lipinski definition) is 0. The molecule has 6 heteroatoms.